The molecule has 0 radical (unpaired) electrons. The second-order valence-corrected chi connectivity index (χ2v) is 3.37. The number of hydrogen-bond donors (Lipinski definition) is 1. The van der Waals surface area contributed by atoms with Crippen molar-refractivity contribution in [2.75, 3.05) is 6.67 Å². The van der Waals surface area contributed by atoms with Gasteiger partial charge >= 0.3 is 0 Å². The second-order valence-electron chi connectivity index (χ2n) is 3.37. The lowest BCUT2D eigenvalue weighted by molar-refractivity contribution is 0.437. The van der Waals surface area contributed by atoms with Crippen LogP contribution >= 0.6 is 12.4 Å². The van der Waals surface area contributed by atoms with Gasteiger partial charge in [0, 0.05) is 0 Å². The normalized spacial score (nSPS) is 12.1. The van der Waals surface area contributed by atoms with Crippen molar-refractivity contribution in [2.45, 2.75) is 6.04 Å². The topological polar surface area (TPSA) is 26.0 Å². The fourth-order valence-corrected chi connectivity index (χ4v) is 1.53. The zero-order chi connectivity index (χ0) is 9.97. The Balaban J connectivity index is 0.00000112. The van der Waals surface area contributed by atoms with Gasteiger partial charge < -0.3 is 5.73 Å². The third kappa shape index (κ3) is 2.46. The number of hydrogen-bond acceptors (Lipinski definition) is 1. The highest BCUT2D eigenvalue weighted by molar-refractivity contribution is 5.85. The Morgan fingerprint density at radius 2 is 1.73 bits per heavy atom. The van der Waals surface area contributed by atoms with Crippen LogP contribution in [0.2, 0.25) is 0 Å². The van der Waals surface area contributed by atoms with E-state index in [1.54, 1.807) is 0 Å². The van der Waals surface area contributed by atoms with Crippen molar-refractivity contribution < 1.29 is 4.39 Å². The van der Waals surface area contributed by atoms with Crippen molar-refractivity contribution in [3.63, 3.8) is 0 Å². The van der Waals surface area contributed by atoms with E-state index in [2.05, 4.69) is 0 Å². The number of nitrogens with two attached hydrogens (primary N) is 1. The quantitative estimate of drug-likeness (QED) is 0.835. The molecule has 15 heavy (non-hydrogen) atoms. The van der Waals surface area contributed by atoms with Crippen LogP contribution in [0, 0.1) is 0 Å². The van der Waals surface area contributed by atoms with E-state index in [1.165, 1.54) is 0 Å². The summed E-state index contributed by atoms with van der Waals surface area (Å²) in [5.74, 6) is 0. The van der Waals surface area contributed by atoms with Gasteiger partial charge in [0.15, 0.2) is 0 Å². The number of fused-ring (bicyclic) bond motifs is 1. The van der Waals surface area contributed by atoms with E-state index in [-0.39, 0.29) is 12.4 Å². The van der Waals surface area contributed by atoms with E-state index in [1.807, 2.05) is 42.5 Å². The lowest BCUT2D eigenvalue weighted by Crippen LogP contribution is -2.11. The summed E-state index contributed by atoms with van der Waals surface area (Å²) in [6, 6.07) is 13.3. The van der Waals surface area contributed by atoms with Crippen LogP contribution in [0.25, 0.3) is 10.8 Å². The Hall–Kier alpha value is -1.12. The van der Waals surface area contributed by atoms with Crippen molar-refractivity contribution in [1.82, 2.24) is 0 Å². The van der Waals surface area contributed by atoms with E-state index in [0.717, 1.165) is 16.3 Å². The molecular weight excluding hydrogens is 213 g/mol. The van der Waals surface area contributed by atoms with E-state index < -0.39 is 12.7 Å². The molecule has 0 saturated carbocycles. The molecule has 1 atom stereocenters. The molecule has 2 N–H and O–H groups in total. The van der Waals surface area contributed by atoms with E-state index in [4.69, 9.17) is 5.73 Å². The van der Waals surface area contributed by atoms with E-state index in [0.29, 0.717) is 0 Å². The lowest BCUT2D eigenvalue weighted by atomic mass is 10.0. The third-order valence-corrected chi connectivity index (χ3v) is 2.37. The van der Waals surface area contributed by atoms with Gasteiger partial charge in [0.25, 0.3) is 0 Å². The number of benzene rings is 2. The average molecular weight is 226 g/mol. The maximum atomic E-state index is 12.3. The van der Waals surface area contributed by atoms with Crippen molar-refractivity contribution in [3.8, 4) is 0 Å². The van der Waals surface area contributed by atoms with Gasteiger partial charge in [-0.25, -0.2) is 4.39 Å². The highest BCUT2D eigenvalue weighted by atomic mass is 35.5. The van der Waals surface area contributed by atoms with Crippen LogP contribution < -0.4 is 5.73 Å². The van der Waals surface area contributed by atoms with Gasteiger partial charge in [0.05, 0.1) is 6.04 Å². The molecule has 2 aromatic carbocycles. The number of alkyl halides is 1. The molecule has 0 spiro atoms. The lowest BCUT2D eigenvalue weighted by Gasteiger charge is -2.08. The zero-order valence-electron chi connectivity index (χ0n) is 8.19. The smallest absolute Gasteiger partial charge is 0.109 e. The molecule has 0 aliphatic heterocycles. The minimum Gasteiger partial charge on any atom is -0.322 e. The van der Waals surface area contributed by atoms with Crippen LogP contribution in [0.3, 0.4) is 0 Å². The Morgan fingerprint density at radius 1 is 1.07 bits per heavy atom. The molecule has 80 valence electrons. The molecule has 2 aromatic rings. The fraction of sp³-hybridized carbons (Fsp3) is 0.167. The van der Waals surface area contributed by atoms with Crippen molar-refractivity contribution in [1.29, 1.82) is 0 Å². The zero-order valence-corrected chi connectivity index (χ0v) is 9.01. The van der Waals surface area contributed by atoms with E-state index >= 15 is 0 Å². The molecule has 0 bridgehead atoms. The monoisotopic (exact) mass is 225 g/mol. The standard InChI is InChI=1S/C12H12FN.ClH/c13-8-12(14)11-6-5-9-3-1-2-4-10(9)7-11;/h1-7,12H,8,14H2;1H/t12-;/m1./s1. The first kappa shape index (κ1) is 12.0. The maximum Gasteiger partial charge on any atom is 0.109 e. The van der Waals surface area contributed by atoms with Crippen molar-refractivity contribution >= 4 is 23.2 Å². The summed E-state index contributed by atoms with van der Waals surface area (Å²) in [5, 5.41) is 2.26. The van der Waals surface area contributed by atoms with Crippen LogP contribution in [0.1, 0.15) is 11.6 Å². The second kappa shape index (κ2) is 5.10. The van der Waals surface area contributed by atoms with Gasteiger partial charge in [-0.1, -0.05) is 36.4 Å². The fourth-order valence-electron chi connectivity index (χ4n) is 1.53. The predicted octanol–water partition coefficient (Wildman–Crippen LogP) is 3.23. The summed E-state index contributed by atoms with van der Waals surface area (Å²) in [6.45, 7) is -0.516. The van der Waals surface area contributed by atoms with E-state index in [9.17, 15) is 4.39 Å². The van der Waals surface area contributed by atoms with Crippen LogP contribution in [-0.4, -0.2) is 6.67 Å². The SMILES string of the molecule is Cl.N[C@H](CF)c1ccc2ccccc2c1. The number of rotatable bonds is 2. The predicted molar refractivity (Wildman–Crippen MR) is 64.1 cm³/mol. The highest BCUT2D eigenvalue weighted by Crippen LogP contribution is 2.19. The van der Waals surface area contributed by atoms with Crippen LogP contribution in [0.15, 0.2) is 42.5 Å². The Morgan fingerprint density at radius 3 is 2.40 bits per heavy atom. The largest absolute Gasteiger partial charge is 0.322 e. The minimum atomic E-state index is -0.516. The molecule has 0 aromatic heterocycles. The summed E-state index contributed by atoms with van der Waals surface area (Å²) >= 11 is 0. The number of halogens is 2. The first-order valence-electron chi connectivity index (χ1n) is 4.61. The van der Waals surface area contributed by atoms with Gasteiger partial charge in [-0.15, -0.1) is 12.4 Å². The Bertz CT molecular complexity index is 444. The molecule has 0 amide bonds. The van der Waals surface area contributed by atoms with Crippen molar-refractivity contribution in [3.05, 3.63) is 48.0 Å². The first-order valence-corrected chi connectivity index (χ1v) is 4.61. The van der Waals surface area contributed by atoms with Gasteiger partial charge in [0.2, 0.25) is 0 Å². The van der Waals surface area contributed by atoms with Gasteiger partial charge in [-0.2, -0.15) is 0 Å². The molecule has 0 fully saturated rings. The summed E-state index contributed by atoms with van der Waals surface area (Å²) in [6.07, 6.45) is 0. The molecule has 1 nitrogen and oxygen atoms in total. The highest BCUT2D eigenvalue weighted by Gasteiger charge is 2.04. The average Bonchev–Trinajstić information content (AvgIpc) is 2.27. The third-order valence-electron chi connectivity index (χ3n) is 2.37. The molecule has 0 saturated heterocycles. The molecule has 0 heterocycles. The van der Waals surface area contributed by atoms with Crippen LogP contribution in [-0.2, 0) is 0 Å². The molecular formula is C12H13ClFN. The summed E-state index contributed by atoms with van der Waals surface area (Å²) < 4.78 is 12.3. The molecule has 0 aliphatic rings. The maximum absolute atomic E-state index is 12.3. The van der Waals surface area contributed by atoms with Gasteiger partial charge in [0.1, 0.15) is 6.67 Å². The molecule has 0 aliphatic carbocycles. The molecule has 2 rings (SSSR count). The molecule has 0 unspecified atom stereocenters. The Kier molecular flexibility index (Phi) is 4.06. The van der Waals surface area contributed by atoms with Crippen LogP contribution in [0.4, 0.5) is 4.39 Å². The molecule has 3 heteroatoms. The first-order chi connectivity index (χ1) is 6.81. The minimum absolute atomic E-state index is 0. The summed E-state index contributed by atoms with van der Waals surface area (Å²) in [5.41, 5.74) is 6.46. The van der Waals surface area contributed by atoms with Gasteiger partial charge in [-0.05, 0) is 22.4 Å². The van der Waals surface area contributed by atoms with Crippen molar-refractivity contribution in [2.24, 2.45) is 5.73 Å². The Labute approximate surface area is 94.5 Å². The summed E-state index contributed by atoms with van der Waals surface area (Å²) in [7, 11) is 0. The van der Waals surface area contributed by atoms with Gasteiger partial charge in [-0.3, -0.25) is 0 Å². The van der Waals surface area contributed by atoms with Crippen LogP contribution in [0.5, 0.6) is 0 Å². The summed E-state index contributed by atoms with van der Waals surface area (Å²) in [4.78, 5) is 0.